The van der Waals surface area contributed by atoms with Crippen LogP contribution >= 0.6 is 0 Å². The van der Waals surface area contributed by atoms with Gasteiger partial charge in [-0.3, -0.25) is 0 Å². The Labute approximate surface area is 66.2 Å². The van der Waals surface area contributed by atoms with Crippen molar-refractivity contribution in [3.8, 4) is 5.75 Å². The van der Waals surface area contributed by atoms with E-state index >= 15 is 0 Å². The Morgan fingerprint density at radius 2 is 1.44 bits per heavy atom. The zero-order chi connectivity index (χ0) is 5.11. The van der Waals surface area contributed by atoms with Crippen molar-refractivity contribution in [2.75, 3.05) is 0 Å². The van der Waals surface area contributed by atoms with Crippen molar-refractivity contribution in [1.29, 1.82) is 0 Å². The first-order valence-corrected chi connectivity index (χ1v) is 2.13. The van der Waals surface area contributed by atoms with Gasteiger partial charge in [-0.2, -0.15) is 0 Å². The van der Waals surface area contributed by atoms with E-state index in [1.807, 2.05) is 6.07 Å². The molecule has 0 bridgehead atoms. The maximum absolute atomic E-state index is 8.63. The zero-order valence-corrected chi connectivity index (χ0v) is 6.39. The predicted octanol–water partition coefficient (Wildman–Crippen LogP) is 1.84. The van der Waals surface area contributed by atoms with Gasteiger partial charge in [0, 0.05) is 17.1 Å². The smallest absolute Gasteiger partial charge is 0.115 e. The average molecular weight is 164 g/mol. The van der Waals surface area contributed by atoms with E-state index in [0.717, 1.165) is 0 Å². The summed E-state index contributed by atoms with van der Waals surface area (Å²) >= 11 is 0. The number of aromatic hydroxyl groups is 1. The van der Waals surface area contributed by atoms with E-state index in [0.29, 0.717) is 5.75 Å². The molecule has 0 fully saturated rings. The van der Waals surface area contributed by atoms with Crippen molar-refractivity contribution < 1.29 is 22.2 Å². The van der Waals surface area contributed by atoms with E-state index in [9.17, 15) is 0 Å². The van der Waals surface area contributed by atoms with Crippen molar-refractivity contribution in [3.05, 3.63) is 37.8 Å². The van der Waals surface area contributed by atoms with E-state index in [1.165, 1.54) is 0 Å². The first kappa shape index (κ1) is 11.4. The maximum atomic E-state index is 8.63. The van der Waals surface area contributed by atoms with Crippen LogP contribution < -0.4 is 0 Å². The van der Waals surface area contributed by atoms with Crippen LogP contribution in [-0.4, -0.2) is 5.11 Å². The molecule has 1 rings (SSSR count). The SMILES string of the molecule is Oc1ccccc1.[CH3-].[Mn]. The molecule has 0 unspecified atom stereocenters. The number of hydrogen-bond donors (Lipinski definition) is 1. The fourth-order valence-corrected chi connectivity index (χ4v) is 0.428. The molecule has 0 aliphatic heterocycles. The quantitative estimate of drug-likeness (QED) is 0.458. The van der Waals surface area contributed by atoms with E-state index in [1.54, 1.807) is 24.3 Å². The minimum atomic E-state index is 0. The number of phenolic OH excluding ortho intramolecular Hbond substituents is 1. The van der Waals surface area contributed by atoms with Crippen LogP contribution in [0.15, 0.2) is 30.3 Å². The Morgan fingerprint density at radius 1 is 1.00 bits per heavy atom. The summed E-state index contributed by atoms with van der Waals surface area (Å²) in [6, 6.07) is 8.71. The fraction of sp³-hybridized carbons (Fsp3) is 0. The third kappa shape index (κ3) is 4.07. The summed E-state index contributed by atoms with van der Waals surface area (Å²) in [6.07, 6.45) is 0. The van der Waals surface area contributed by atoms with Crippen LogP contribution in [0.1, 0.15) is 0 Å². The minimum Gasteiger partial charge on any atom is -0.508 e. The van der Waals surface area contributed by atoms with Gasteiger partial charge >= 0.3 is 0 Å². The molecule has 1 radical (unpaired) electrons. The monoisotopic (exact) mass is 164 g/mol. The predicted molar refractivity (Wildman–Crippen MR) is 34.5 cm³/mol. The molecular formula is C7H9MnO-. The molecule has 1 N–H and O–H groups in total. The van der Waals surface area contributed by atoms with Crippen LogP contribution in [-0.2, 0) is 17.1 Å². The third-order valence-electron chi connectivity index (χ3n) is 0.756. The average Bonchev–Trinajstić information content (AvgIpc) is 1.69. The first-order chi connectivity index (χ1) is 3.39. The number of phenols is 1. The Hall–Kier alpha value is -0.461. The molecule has 0 aromatic heterocycles. The summed E-state index contributed by atoms with van der Waals surface area (Å²) < 4.78 is 0. The van der Waals surface area contributed by atoms with Crippen molar-refractivity contribution in [2.24, 2.45) is 0 Å². The van der Waals surface area contributed by atoms with E-state index in [2.05, 4.69) is 0 Å². The molecule has 1 aromatic carbocycles. The first-order valence-electron chi connectivity index (χ1n) is 2.13. The normalized spacial score (nSPS) is 6.67. The van der Waals surface area contributed by atoms with Gasteiger partial charge in [-0.1, -0.05) is 18.2 Å². The summed E-state index contributed by atoms with van der Waals surface area (Å²) in [7, 11) is 0. The van der Waals surface area contributed by atoms with Crippen LogP contribution in [0.25, 0.3) is 0 Å². The second-order valence-corrected chi connectivity index (χ2v) is 1.34. The molecule has 0 atom stereocenters. The summed E-state index contributed by atoms with van der Waals surface area (Å²) in [5, 5.41) is 8.63. The van der Waals surface area contributed by atoms with Gasteiger partial charge in [-0.05, 0) is 12.1 Å². The van der Waals surface area contributed by atoms with Crippen LogP contribution in [0, 0.1) is 7.43 Å². The van der Waals surface area contributed by atoms with Gasteiger partial charge in [0.25, 0.3) is 0 Å². The Balaban J connectivity index is 0. The summed E-state index contributed by atoms with van der Waals surface area (Å²) in [4.78, 5) is 0. The summed E-state index contributed by atoms with van der Waals surface area (Å²) in [5.74, 6) is 0.322. The number of rotatable bonds is 0. The van der Waals surface area contributed by atoms with E-state index < -0.39 is 0 Å². The molecule has 0 aliphatic rings. The van der Waals surface area contributed by atoms with Crippen molar-refractivity contribution in [2.45, 2.75) is 0 Å². The minimum absolute atomic E-state index is 0. The second-order valence-electron chi connectivity index (χ2n) is 1.34. The van der Waals surface area contributed by atoms with Gasteiger partial charge in [0.05, 0.1) is 0 Å². The van der Waals surface area contributed by atoms with E-state index in [4.69, 9.17) is 5.11 Å². The molecule has 2 heteroatoms. The fourth-order valence-electron chi connectivity index (χ4n) is 0.428. The molecule has 0 saturated heterocycles. The van der Waals surface area contributed by atoms with Gasteiger partial charge in [0.2, 0.25) is 0 Å². The van der Waals surface area contributed by atoms with Crippen molar-refractivity contribution in [1.82, 2.24) is 0 Å². The largest absolute Gasteiger partial charge is 0.508 e. The molecular weight excluding hydrogens is 155 g/mol. The third-order valence-corrected chi connectivity index (χ3v) is 0.756. The van der Waals surface area contributed by atoms with Gasteiger partial charge < -0.3 is 12.5 Å². The topological polar surface area (TPSA) is 20.2 Å². The standard InChI is InChI=1S/C6H6O.CH3.Mn/c7-6-4-2-1-3-5-6;;/h1-5,7H;1H3;/q;-1;. The Morgan fingerprint density at radius 3 is 1.67 bits per heavy atom. The van der Waals surface area contributed by atoms with Crippen LogP contribution in [0.3, 0.4) is 0 Å². The number of hydrogen-bond acceptors (Lipinski definition) is 1. The second kappa shape index (κ2) is 5.67. The summed E-state index contributed by atoms with van der Waals surface area (Å²) in [6.45, 7) is 0. The molecule has 0 saturated carbocycles. The van der Waals surface area contributed by atoms with Crippen molar-refractivity contribution in [3.63, 3.8) is 0 Å². The maximum Gasteiger partial charge on any atom is 0.115 e. The molecule has 0 amide bonds. The molecule has 0 spiro atoms. The molecule has 0 aliphatic carbocycles. The Bertz CT molecular complexity index is 139. The van der Waals surface area contributed by atoms with Crippen LogP contribution in [0.2, 0.25) is 0 Å². The molecule has 0 heterocycles. The number of para-hydroxylation sites is 1. The van der Waals surface area contributed by atoms with Gasteiger partial charge in [0.15, 0.2) is 0 Å². The van der Waals surface area contributed by atoms with Gasteiger partial charge in [0.1, 0.15) is 5.75 Å². The van der Waals surface area contributed by atoms with Crippen LogP contribution in [0.4, 0.5) is 0 Å². The van der Waals surface area contributed by atoms with Gasteiger partial charge in [-0.15, -0.1) is 0 Å². The van der Waals surface area contributed by atoms with Crippen LogP contribution in [0.5, 0.6) is 5.75 Å². The molecule has 51 valence electrons. The zero-order valence-electron chi connectivity index (χ0n) is 5.21. The van der Waals surface area contributed by atoms with E-state index in [-0.39, 0.29) is 24.5 Å². The molecule has 1 nitrogen and oxygen atoms in total. The molecule has 9 heavy (non-hydrogen) atoms. The molecule has 1 aromatic rings. The summed E-state index contributed by atoms with van der Waals surface area (Å²) in [5.41, 5.74) is 0. The Kier molecular flexibility index (Phi) is 7.15. The number of benzene rings is 1. The van der Waals surface area contributed by atoms with Gasteiger partial charge in [-0.25, -0.2) is 0 Å². The van der Waals surface area contributed by atoms with Crippen molar-refractivity contribution >= 4 is 0 Å².